The first kappa shape index (κ1) is 15.4. The largest absolute Gasteiger partial charge is 0.480 e. The minimum Gasteiger partial charge on any atom is -0.480 e. The quantitative estimate of drug-likeness (QED) is 0.761. The predicted molar refractivity (Wildman–Crippen MR) is 73.7 cm³/mol. The van der Waals surface area contributed by atoms with Crippen LogP contribution in [-0.2, 0) is 4.79 Å². The summed E-state index contributed by atoms with van der Waals surface area (Å²) in [5.74, 6) is 0.690. The van der Waals surface area contributed by atoms with Gasteiger partial charge in [-0.05, 0) is 39.0 Å². The molecule has 2 N–H and O–H groups in total. The van der Waals surface area contributed by atoms with E-state index in [1.807, 2.05) is 13.8 Å². The van der Waals surface area contributed by atoms with Crippen molar-refractivity contribution >= 4 is 5.97 Å². The molecule has 0 aromatic heterocycles. The number of likely N-dealkylation sites (tertiary alicyclic amines) is 1. The number of nitrogens with one attached hydrogen (secondary N) is 1. The molecule has 1 saturated heterocycles. The smallest absolute Gasteiger partial charge is 0.323 e. The van der Waals surface area contributed by atoms with Crippen molar-refractivity contribution in [2.45, 2.75) is 52.6 Å². The fourth-order valence-electron chi connectivity index (χ4n) is 2.69. The Kier molecular flexibility index (Phi) is 5.17. The summed E-state index contributed by atoms with van der Waals surface area (Å²) in [6.07, 6.45) is 0.653. The normalized spacial score (nSPS) is 28.6. The van der Waals surface area contributed by atoms with Gasteiger partial charge in [-0.25, -0.2) is 0 Å². The molecule has 106 valence electrons. The van der Waals surface area contributed by atoms with Crippen LogP contribution >= 0.6 is 0 Å². The molecule has 0 aliphatic carbocycles. The molecule has 0 amide bonds. The van der Waals surface area contributed by atoms with Crippen LogP contribution < -0.4 is 5.32 Å². The van der Waals surface area contributed by atoms with Gasteiger partial charge in [0.25, 0.3) is 0 Å². The third kappa shape index (κ3) is 3.95. The minimum absolute atomic E-state index is 0.183. The third-order valence-electron chi connectivity index (χ3n) is 4.07. The van der Waals surface area contributed by atoms with Crippen LogP contribution in [0.15, 0.2) is 0 Å². The molecule has 1 aliphatic rings. The first-order valence-electron chi connectivity index (χ1n) is 6.98. The molecule has 1 rings (SSSR count). The van der Waals surface area contributed by atoms with Crippen LogP contribution in [-0.4, -0.2) is 47.2 Å². The SMILES string of the molecule is CC(C)NC(C)(CCN1CC(C)C(C)C1)C(=O)O. The van der Waals surface area contributed by atoms with E-state index in [2.05, 4.69) is 24.1 Å². The summed E-state index contributed by atoms with van der Waals surface area (Å²) >= 11 is 0. The van der Waals surface area contributed by atoms with Gasteiger partial charge in [0.15, 0.2) is 0 Å². The molecule has 0 aromatic rings. The molecule has 3 unspecified atom stereocenters. The van der Waals surface area contributed by atoms with E-state index in [0.29, 0.717) is 6.42 Å². The first-order chi connectivity index (χ1) is 8.24. The summed E-state index contributed by atoms with van der Waals surface area (Å²) in [7, 11) is 0. The summed E-state index contributed by atoms with van der Waals surface area (Å²) in [4.78, 5) is 13.8. The van der Waals surface area contributed by atoms with Gasteiger partial charge in [-0.1, -0.05) is 13.8 Å². The number of hydrogen-bond donors (Lipinski definition) is 2. The molecular formula is C14H28N2O2. The lowest BCUT2D eigenvalue weighted by atomic mass is 9.96. The molecule has 0 bridgehead atoms. The monoisotopic (exact) mass is 256 g/mol. The Hall–Kier alpha value is -0.610. The highest BCUT2D eigenvalue weighted by atomic mass is 16.4. The molecule has 0 saturated carbocycles. The highest BCUT2D eigenvalue weighted by molar-refractivity contribution is 5.78. The van der Waals surface area contributed by atoms with Crippen molar-refractivity contribution in [2.75, 3.05) is 19.6 Å². The fraction of sp³-hybridized carbons (Fsp3) is 0.929. The molecule has 0 spiro atoms. The van der Waals surface area contributed by atoms with Crippen molar-refractivity contribution in [3.05, 3.63) is 0 Å². The summed E-state index contributed by atoms with van der Waals surface area (Å²) in [5.41, 5.74) is -0.816. The molecule has 1 heterocycles. The predicted octanol–water partition coefficient (Wildman–Crippen LogP) is 1.81. The van der Waals surface area contributed by atoms with E-state index >= 15 is 0 Å². The van der Waals surface area contributed by atoms with Crippen LogP contribution in [0.5, 0.6) is 0 Å². The van der Waals surface area contributed by atoms with Gasteiger partial charge in [0.2, 0.25) is 0 Å². The molecular weight excluding hydrogens is 228 g/mol. The lowest BCUT2D eigenvalue weighted by Gasteiger charge is -2.30. The summed E-state index contributed by atoms with van der Waals surface area (Å²) in [5, 5.41) is 12.6. The van der Waals surface area contributed by atoms with Crippen molar-refractivity contribution in [3.8, 4) is 0 Å². The van der Waals surface area contributed by atoms with Gasteiger partial charge < -0.3 is 10.0 Å². The number of carbonyl (C=O) groups is 1. The molecule has 3 atom stereocenters. The van der Waals surface area contributed by atoms with Crippen molar-refractivity contribution < 1.29 is 9.90 Å². The minimum atomic E-state index is -0.816. The van der Waals surface area contributed by atoms with Gasteiger partial charge in [-0.15, -0.1) is 0 Å². The van der Waals surface area contributed by atoms with E-state index in [4.69, 9.17) is 0 Å². The van der Waals surface area contributed by atoms with Crippen LogP contribution in [0.4, 0.5) is 0 Å². The van der Waals surface area contributed by atoms with Gasteiger partial charge in [0, 0.05) is 25.7 Å². The van der Waals surface area contributed by atoms with Crippen molar-refractivity contribution in [1.82, 2.24) is 10.2 Å². The number of aliphatic carboxylic acids is 1. The zero-order valence-electron chi connectivity index (χ0n) is 12.4. The maximum Gasteiger partial charge on any atom is 0.323 e. The average molecular weight is 256 g/mol. The topological polar surface area (TPSA) is 52.6 Å². The third-order valence-corrected chi connectivity index (χ3v) is 4.07. The zero-order valence-corrected chi connectivity index (χ0v) is 12.4. The molecule has 0 aromatic carbocycles. The Morgan fingerprint density at radius 1 is 1.39 bits per heavy atom. The van der Waals surface area contributed by atoms with Crippen LogP contribution in [0.3, 0.4) is 0 Å². The Morgan fingerprint density at radius 3 is 2.28 bits per heavy atom. The summed E-state index contributed by atoms with van der Waals surface area (Å²) in [6.45, 7) is 13.4. The van der Waals surface area contributed by atoms with Gasteiger partial charge in [-0.2, -0.15) is 0 Å². The fourth-order valence-corrected chi connectivity index (χ4v) is 2.69. The number of carboxylic acid groups (broad SMARTS) is 1. The lowest BCUT2D eigenvalue weighted by Crippen LogP contribution is -2.53. The van der Waals surface area contributed by atoms with Gasteiger partial charge in [0.1, 0.15) is 5.54 Å². The van der Waals surface area contributed by atoms with Crippen LogP contribution in [0.2, 0.25) is 0 Å². The molecule has 0 radical (unpaired) electrons. The molecule has 1 aliphatic heterocycles. The van der Waals surface area contributed by atoms with E-state index < -0.39 is 11.5 Å². The second-order valence-corrected chi connectivity index (χ2v) is 6.40. The first-order valence-corrected chi connectivity index (χ1v) is 6.98. The van der Waals surface area contributed by atoms with Crippen molar-refractivity contribution in [2.24, 2.45) is 11.8 Å². The van der Waals surface area contributed by atoms with Crippen molar-refractivity contribution in [1.29, 1.82) is 0 Å². The van der Waals surface area contributed by atoms with Crippen LogP contribution in [0.25, 0.3) is 0 Å². The molecule has 1 fully saturated rings. The van der Waals surface area contributed by atoms with E-state index in [1.54, 1.807) is 6.92 Å². The Balaban J connectivity index is 2.50. The maximum absolute atomic E-state index is 11.4. The van der Waals surface area contributed by atoms with Crippen molar-refractivity contribution in [3.63, 3.8) is 0 Å². The lowest BCUT2D eigenvalue weighted by molar-refractivity contribution is -0.144. The Morgan fingerprint density at radius 2 is 1.89 bits per heavy atom. The number of hydrogen-bond acceptors (Lipinski definition) is 3. The molecule has 4 heteroatoms. The summed E-state index contributed by atoms with van der Waals surface area (Å²) < 4.78 is 0. The second kappa shape index (κ2) is 6.02. The van der Waals surface area contributed by atoms with E-state index in [9.17, 15) is 9.90 Å². The highest BCUT2D eigenvalue weighted by Gasteiger charge is 2.35. The van der Waals surface area contributed by atoms with E-state index in [-0.39, 0.29) is 6.04 Å². The Labute approximate surface area is 111 Å². The van der Waals surface area contributed by atoms with Gasteiger partial charge >= 0.3 is 5.97 Å². The average Bonchev–Trinajstić information content (AvgIpc) is 2.54. The van der Waals surface area contributed by atoms with E-state index in [0.717, 1.165) is 31.5 Å². The number of carboxylic acids is 1. The Bertz CT molecular complexity index is 284. The highest BCUT2D eigenvalue weighted by Crippen LogP contribution is 2.23. The van der Waals surface area contributed by atoms with Gasteiger partial charge in [0.05, 0.1) is 0 Å². The van der Waals surface area contributed by atoms with Gasteiger partial charge in [-0.3, -0.25) is 10.1 Å². The van der Waals surface area contributed by atoms with Crippen LogP contribution in [0, 0.1) is 11.8 Å². The number of nitrogens with zero attached hydrogens (tertiary/aromatic N) is 1. The zero-order chi connectivity index (χ0) is 13.9. The summed E-state index contributed by atoms with van der Waals surface area (Å²) in [6, 6.07) is 0.183. The van der Waals surface area contributed by atoms with E-state index in [1.165, 1.54) is 0 Å². The second-order valence-electron chi connectivity index (χ2n) is 6.40. The standard InChI is InChI=1S/C14H28N2O2/c1-10(2)15-14(5,13(17)18)6-7-16-8-11(3)12(4)9-16/h10-12,15H,6-9H2,1-5H3,(H,17,18). The maximum atomic E-state index is 11.4. The molecule has 4 nitrogen and oxygen atoms in total. The molecule has 18 heavy (non-hydrogen) atoms. The van der Waals surface area contributed by atoms with Crippen LogP contribution in [0.1, 0.15) is 41.0 Å². The number of rotatable bonds is 6.